The third kappa shape index (κ3) is 3.28. The maximum Gasteiger partial charge on any atom is 0.129 e. The van der Waals surface area contributed by atoms with E-state index >= 15 is 0 Å². The van der Waals surface area contributed by atoms with Gasteiger partial charge in [0.25, 0.3) is 0 Å². The maximum atomic E-state index is 13.5. The fraction of sp³-hybridized carbons (Fsp3) is 0.500. The monoisotopic (exact) mass is 266 g/mol. The van der Waals surface area contributed by atoms with E-state index in [1.165, 1.54) is 12.1 Å². The fourth-order valence-electron chi connectivity index (χ4n) is 2.17. The zero-order valence-corrected chi connectivity index (χ0v) is 10.8. The fourth-order valence-corrected chi connectivity index (χ4v) is 2.17. The molecule has 0 saturated carbocycles. The normalized spacial score (nSPS) is 17.0. The summed E-state index contributed by atoms with van der Waals surface area (Å²) in [6.07, 6.45) is 0.491. The van der Waals surface area contributed by atoms with E-state index in [2.05, 4.69) is 6.07 Å². The molecule has 3 nitrogen and oxygen atoms in total. The molecule has 0 unspecified atom stereocenters. The summed E-state index contributed by atoms with van der Waals surface area (Å²) in [7, 11) is 1.89. The lowest BCUT2D eigenvalue weighted by Crippen LogP contribution is -2.49. The topological polar surface area (TPSA) is 36.3 Å². The Kier molecular flexibility index (Phi) is 4.13. The number of halogens is 2. The van der Waals surface area contributed by atoms with E-state index in [9.17, 15) is 8.78 Å². The summed E-state index contributed by atoms with van der Waals surface area (Å²) < 4.78 is 31.3. The smallest absolute Gasteiger partial charge is 0.129 e. The van der Waals surface area contributed by atoms with Gasteiger partial charge in [0.05, 0.1) is 19.3 Å². The summed E-state index contributed by atoms with van der Waals surface area (Å²) in [4.78, 5) is 1.98. The van der Waals surface area contributed by atoms with Crippen molar-refractivity contribution in [2.24, 2.45) is 5.41 Å². The van der Waals surface area contributed by atoms with E-state index < -0.39 is 17.0 Å². The van der Waals surface area contributed by atoms with Gasteiger partial charge in [-0.15, -0.1) is 0 Å². The highest BCUT2D eigenvalue weighted by Gasteiger charge is 2.39. The molecule has 1 heterocycles. The largest absolute Gasteiger partial charge is 0.378 e. The van der Waals surface area contributed by atoms with Crippen molar-refractivity contribution in [3.63, 3.8) is 0 Å². The number of nitrogens with zero attached hydrogens (tertiary/aromatic N) is 2. The molecule has 1 aromatic carbocycles. The first kappa shape index (κ1) is 13.9. The van der Waals surface area contributed by atoms with Crippen LogP contribution >= 0.6 is 0 Å². The molecule has 1 saturated heterocycles. The average Bonchev–Trinajstić information content (AvgIpc) is 2.33. The summed E-state index contributed by atoms with van der Waals surface area (Å²) in [5.41, 5.74) is 0.0694. The molecule has 0 amide bonds. The number of benzene rings is 1. The van der Waals surface area contributed by atoms with Crippen molar-refractivity contribution in [3.05, 3.63) is 35.4 Å². The molecule has 19 heavy (non-hydrogen) atoms. The van der Waals surface area contributed by atoms with E-state index in [4.69, 9.17) is 10.00 Å². The second kappa shape index (κ2) is 5.64. The van der Waals surface area contributed by atoms with Crippen molar-refractivity contribution in [3.8, 4) is 6.07 Å². The van der Waals surface area contributed by atoms with E-state index in [0.29, 0.717) is 38.3 Å². The molecule has 0 radical (unpaired) electrons. The molecule has 0 bridgehead atoms. The summed E-state index contributed by atoms with van der Waals surface area (Å²) in [6.45, 7) is 2.13. The van der Waals surface area contributed by atoms with Gasteiger partial charge in [0.15, 0.2) is 0 Å². The first-order valence-corrected chi connectivity index (χ1v) is 6.16. The number of likely N-dealkylation sites (N-methyl/N-ethyl adjacent to an activating group) is 1. The van der Waals surface area contributed by atoms with Crippen molar-refractivity contribution < 1.29 is 13.5 Å². The third-order valence-corrected chi connectivity index (χ3v) is 3.34. The second-order valence-corrected chi connectivity index (χ2v) is 5.11. The Morgan fingerprint density at radius 2 is 2.16 bits per heavy atom. The van der Waals surface area contributed by atoms with E-state index in [0.717, 1.165) is 6.07 Å². The van der Waals surface area contributed by atoms with Gasteiger partial charge >= 0.3 is 0 Å². The third-order valence-electron chi connectivity index (χ3n) is 3.34. The Morgan fingerprint density at radius 1 is 1.42 bits per heavy atom. The Hall–Kier alpha value is -1.51. The van der Waals surface area contributed by atoms with Gasteiger partial charge in [-0.05, 0) is 25.1 Å². The number of nitriles is 1. The van der Waals surface area contributed by atoms with Crippen molar-refractivity contribution in [2.45, 2.75) is 6.42 Å². The van der Waals surface area contributed by atoms with Crippen molar-refractivity contribution in [1.82, 2.24) is 4.90 Å². The summed E-state index contributed by atoms with van der Waals surface area (Å²) in [6, 6.07) is 5.89. The maximum absolute atomic E-state index is 13.5. The number of rotatable bonds is 5. The van der Waals surface area contributed by atoms with Gasteiger partial charge in [-0.25, -0.2) is 8.78 Å². The van der Waals surface area contributed by atoms with Gasteiger partial charge in [-0.2, -0.15) is 5.26 Å². The van der Waals surface area contributed by atoms with Gasteiger partial charge in [0.2, 0.25) is 0 Å². The van der Waals surface area contributed by atoms with Gasteiger partial charge in [0, 0.05) is 19.2 Å². The van der Waals surface area contributed by atoms with Crippen LogP contribution < -0.4 is 0 Å². The molecule has 2 rings (SSSR count). The number of hydrogen-bond acceptors (Lipinski definition) is 3. The van der Waals surface area contributed by atoms with E-state index in [-0.39, 0.29) is 0 Å². The van der Waals surface area contributed by atoms with Crippen LogP contribution in [0.15, 0.2) is 18.2 Å². The molecule has 1 aliphatic heterocycles. The first-order valence-electron chi connectivity index (χ1n) is 6.16. The minimum Gasteiger partial charge on any atom is -0.378 e. The predicted molar refractivity (Wildman–Crippen MR) is 66.4 cm³/mol. The molecule has 1 aliphatic rings. The molecule has 5 heteroatoms. The highest BCUT2D eigenvalue weighted by Crippen LogP contribution is 2.27. The molecular formula is C14H16F2N2O. The molecule has 1 aromatic rings. The zero-order valence-electron chi connectivity index (χ0n) is 10.8. The van der Waals surface area contributed by atoms with E-state index in [1.54, 1.807) is 0 Å². The Bertz CT molecular complexity index is 495. The lowest BCUT2D eigenvalue weighted by molar-refractivity contribution is -0.0886. The van der Waals surface area contributed by atoms with Crippen molar-refractivity contribution in [1.29, 1.82) is 5.26 Å². The zero-order chi connectivity index (χ0) is 13.9. The Labute approximate surface area is 111 Å². The predicted octanol–water partition coefficient (Wildman–Crippen LogP) is 1.98. The lowest BCUT2D eigenvalue weighted by Gasteiger charge is -2.38. The lowest BCUT2D eigenvalue weighted by atomic mass is 9.87. The van der Waals surface area contributed by atoms with Crippen LogP contribution in [0.1, 0.15) is 5.56 Å². The highest BCUT2D eigenvalue weighted by atomic mass is 19.1. The molecule has 1 fully saturated rings. The average molecular weight is 266 g/mol. The van der Waals surface area contributed by atoms with Crippen LogP contribution in [-0.4, -0.2) is 38.3 Å². The molecular weight excluding hydrogens is 250 g/mol. The van der Waals surface area contributed by atoms with Crippen molar-refractivity contribution in [2.75, 3.05) is 33.4 Å². The van der Waals surface area contributed by atoms with Crippen LogP contribution in [0.25, 0.3) is 0 Å². The second-order valence-electron chi connectivity index (χ2n) is 5.11. The SMILES string of the molecule is CN(CCc1ccc(F)cc1F)CC1(C#N)COC1. The van der Waals surface area contributed by atoms with E-state index in [1.807, 2.05) is 11.9 Å². The molecule has 0 atom stereocenters. The van der Waals surface area contributed by atoms with Crippen molar-refractivity contribution >= 4 is 0 Å². The van der Waals surface area contributed by atoms with Gasteiger partial charge < -0.3 is 9.64 Å². The molecule has 0 aliphatic carbocycles. The minimum atomic E-state index is -0.565. The molecule has 102 valence electrons. The van der Waals surface area contributed by atoms with Crippen LogP contribution in [-0.2, 0) is 11.2 Å². The van der Waals surface area contributed by atoms with Crippen LogP contribution in [0.3, 0.4) is 0 Å². The number of ether oxygens (including phenoxy) is 1. The summed E-state index contributed by atoms with van der Waals surface area (Å²) in [5.74, 6) is -1.08. The molecule has 0 aromatic heterocycles. The van der Waals surface area contributed by atoms with Gasteiger partial charge in [0.1, 0.15) is 17.0 Å². The molecule has 0 spiro atoms. The standard InChI is InChI=1S/C14H16F2N2O/c1-18(8-14(7-17)9-19-10-14)5-4-11-2-3-12(15)6-13(11)16/h2-3,6H,4-5,8-10H2,1H3. The van der Waals surface area contributed by atoms with Gasteiger partial charge in [-0.1, -0.05) is 6.07 Å². The summed E-state index contributed by atoms with van der Waals surface area (Å²) in [5, 5.41) is 9.09. The quantitative estimate of drug-likeness (QED) is 0.817. The minimum absolute atomic E-state index is 0.421. The van der Waals surface area contributed by atoms with Crippen LogP contribution in [0, 0.1) is 28.4 Å². The number of hydrogen-bond donors (Lipinski definition) is 0. The van der Waals surface area contributed by atoms with Crippen LogP contribution in [0.4, 0.5) is 8.78 Å². The summed E-state index contributed by atoms with van der Waals surface area (Å²) >= 11 is 0. The van der Waals surface area contributed by atoms with Crippen LogP contribution in [0.5, 0.6) is 0 Å². The van der Waals surface area contributed by atoms with Gasteiger partial charge in [-0.3, -0.25) is 0 Å². The Morgan fingerprint density at radius 3 is 2.68 bits per heavy atom. The highest BCUT2D eigenvalue weighted by molar-refractivity contribution is 5.18. The molecule has 0 N–H and O–H groups in total. The first-order chi connectivity index (χ1) is 9.04. The van der Waals surface area contributed by atoms with Crippen LogP contribution in [0.2, 0.25) is 0 Å². The Balaban J connectivity index is 1.86.